The molecule has 7 nitrogen and oxygen atoms in total. The summed E-state index contributed by atoms with van der Waals surface area (Å²) >= 11 is 0. The number of nitrogens with zero attached hydrogens (tertiary/aromatic N) is 3. The molecule has 1 amide bonds. The van der Waals surface area contributed by atoms with Gasteiger partial charge < -0.3 is 20.0 Å². The molecule has 1 atom stereocenters. The summed E-state index contributed by atoms with van der Waals surface area (Å²) in [5, 5.41) is 14.2. The van der Waals surface area contributed by atoms with Gasteiger partial charge >= 0.3 is 6.01 Å². The van der Waals surface area contributed by atoms with Crippen LogP contribution in [-0.2, 0) is 11.3 Å². The zero-order valence-corrected chi connectivity index (χ0v) is 12.6. The van der Waals surface area contributed by atoms with Crippen LogP contribution in [0.3, 0.4) is 0 Å². The molecule has 20 heavy (non-hydrogen) atoms. The normalized spacial score (nSPS) is 20.1. The first-order chi connectivity index (χ1) is 9.40. The number of hydrogen-bond donors (Lipinski definition) is 2. The Labute approximate surface area is 119 Å². The van der Waals surface area contributed by atoms with E-state index in [9.17, 15) is 4.79 Å². The van der Waals surface area contributed by atoms with Gasteiger partial charge in [0.05, 0.1) is 6.54 Å². The Morgan fingerprint density at radius 1 is 1.45 bits per heavy atom. The number of aromatic nitrogens is 2. The van der Waals surface area contributed by atoms with Gasteiger partial charge in [-0.3, -0.25) is 4.79 Å². The van der Waals surface area contributed by atoms with Gasteiger partial charge in [0.2, 0.25) is 11.8 Å². The maximum absolute atomic E-state index is 11.8. The Morgan fingerprint density at radius 3 is 2.85 bits per heavy atom. The maximum atomic E-state index is 11.8. The van der Waals surface area contributed by atoms with E-state index < -0.39 is 0 Å². The van der Waals surface area contributed by atoms with E-state index in [1.165, 1.54) is 0 Å². The Kier molecular flexibility index (Phi) is 4.27. The van der Waals surface area contributed by atoms with Crippen molar-refractivity contribution in [1.29, 1.82) is 0 Å². The fraction of sp³-hybridized carbons (Fsp3) is 0.769. The van der Waals surface area contributed by atoms with E-state index in [2.05, 4.69) is 41.6 Å². The van der Waals surface area contributed by atoms with Crippen LogP contribution in [-0.4, -0.2) is 40.8 Å². The highest BCUT2D eigenvalue weighted by Crippen LogP contribution is 2.19. The largest absolute Gasteiger partial charge is 0.407 e. The number of amides is 1. The van der Waals surface area contributed by atoms with Crippen LogP contribution in [0.4, 0.5) is 6.01 Å². The minimum absolute atomic E-state index is 0.00834. The van der Waals surface area contributed by atoms with Crippen LogP contribution in [0.25, 0.3) is 0 Å². The first kappa shape index (κ1) is 14.8. The van der Waals surface area contributed by atoms with Crippen LogP contribution in [0, 0.1) is 0 Å². The molecule has 112 valence electrons. The topological polar surface area (TPSA) is 83.3 Å². The van der Waals surface area contributed by atoms with Crippen LogP contribution in [0.15, 0.2) is 4.42 Å². The summed E-state index contributed by atoms with van der Waals surface area (Å²) in [6, 6.07) is 0.199. The number of nitrogens with one attached hydrogen (secondary N) is 2. The first-order valence-electron chi connectivity index (χ1n) is 7.02. The molecule has 1 saturated heterocycles. The van der Waals surface area contributed by atoms with Crippen molar-refractivity contribution in [3.05, 3.63) is 5.89 Å². The fourth-order valence-corrected chi connectivity index (χ4v) is 2.12. The Balaban J connectivity index is 2.05. The van der Waals surface area contributed by atoms with Crippen molar-refractivity contribution in [3.8, 4) is 0 Å². The van der Waals surface area contributed by atoms with Crippen molar-refractivity contribution in [1.82, 2.24) is 20.8 Å². The van der Waals surface area contributed by atoms with E-state index in [0.29, 0.717) is 38.0 Å². The highest BCUT2D eigenvalue weighted by atomic mass is 16.4. The molecule has 0 bridgehead atoms. The zero-order valence-electron chi connectivity index (χ0n) is 12.6. The molecule has 0 radical (unpaired) electrons. The minimum atomic E-state index is -0.229. The standard InChI is InChI=1S/C13H23N5O2/c1-5-9-11(19)14-6-7-18(9)12-17-16-10(20-12)8-15-13(2,3)4/h9,15H,5-8H2,1-4H3,(H,14,19). The fourth-order valence-electron chi connectivity index (χ4n) is 2.12. The molecule has 0 aliphatic carbocycles. The average Bonchev–Trinajstić information content (AvgIpc) is 2.84. The highest BCUT2D eigenvalue weighted by Gasteiger charge is 2.31. The third-order valence-electron chi connectivity index (χ3n) is 3.19. The second-order valence-electron chi connectivity index (χ2n) is 5.99. The number of anilines is 1. The summed E-state index contributed by atoms with van der Waals surface area (Å²) in [5.74, 6) is 0.557. The van der Waals surface area contributed by atoms with Gasteiger partial charge in [-0.1, -0.05) is 12.0 Å². The van der Waals surface area contributed by atoms with Crippen molar-refractivity contribution in [2.75, 3.05) is 18.0 Å². The predicted octanol–water partition coefficient (Wildman–Crippen LogP) is 0.673. The van der Waals surface area contributed by atoms with E-state index >= 15 is 0 Å². The first-order valence-corrected chi connectivity index (χ1v) is 7.02. The number of carbonyl (C=O) groups excluding carboxylic acids is 1. The number of rotatable bonds is 4. The molecule has 1 aromatic heterocycles. The molecule has 2 rings (SSSR count). The van der Waals surface area contributed by atoms with Crippen molar-refractivity contribution >= 4 is 11.9 Å². The molecule has 1 unspecified atom stereocenters. The van der Waals surface area contributed by atoms with Gasteiger partial charge in [-0.05, 0) is 27.2 Å². The van der Waals surface area contributed by atoms with E-state index in [1.54, 1.807) is 0 Å². The highest BCUT2D eigenvalue weighted by molar-refractivity contribution is 5.85. The van der Waals surface area contributed by atoms with Gasteiger partial charge in [0.15, 0.2) is 0 Å². The SMILES string of the molecule is CCC1C(=O)NCCN1c1nnc(CNC(C)(C)C)o1. The second kappa shape index (κ2) is 5.78. The molecule has 0 saturated carbocycles. The van der Waals surface area contributed by atoms with Crippen LogP contribution in [0.2, 0.25) is 0 Å². The van der Waals surface area contributed by atoms with Gasteiger partial charge in [-0.2, -0.15) is 0 Å². The third-order valence-corrected chi connectivity index (χ3v) is 3.19. The molecule has 7 heteroatoms. The van der Waals surface area contributed by atoms with Gasteiger partial charge in [0.25, 0.3) is 0 Å². The monoisotopic (exact) mass is 281 g/mol. The van der Waals surface area contributed by atoms with Crippen molar-refractivity contribution in [3.63, 3.8) is 0 Å². The zero-order chi connectivity index (χ0) is 14.8. The van der Waals surface area contributed by atoms with Crippen molar-refractivity contribution in [2.45, 2.75) is 52.2 Å². The van der Waals surface area contributed by atoms with Crippen LogP contribution >= 0.6 is 0 Å². The molecule has 1 aromatic rings. The molecular formula is C13H23N5O2. The summed E-state index contributed by atoms with van der Waals surface area (Å²) in [4.78, 5) is 13.7. The Bertz CT molecular complexity index is 466. The lowest BCUT2D eigenvalue weighted by atomic mass is 10.1. The Morgan fingerprint density at radius 2 is 2.20 bits per heavy atom. The lowest BCUT2D eigenvalue weighted by Gasteiger charge is -2.32. The summed E-state index contributed by atoms with van der Waals surface area (Å²) < 4.78 is 5.66. The lowest BCUT2D eigenvalue weighted by molar-refractivity contribution is -0.123. The molecular weight excluding hydrogens is 258 g/mol. The molecule has 0 spiro atoms. The van der Waals surface area contributed by atoms with Gasteiger partial charge in [0.1, 0.15) is 6.04 Å². The summed E-state index contributed by atoms with van der Waals surface area (Å²) in [6.45, 7) is 10.0. The summed E-state index contributed by atoms with van der Waals surface area (Å²) in [5.41, 5.74) is -0.00834. The summed E-state index contributed by atoms with van der Waals surface area (Å²) in [6.07, 6.45) is 0.712. The maximum Gasteiger partial charge on any atom is 0.318 e. The van der Waals surface area contributed by atoms with Crippen LogP contribution < -0.4 is 15.5 Å². The smallest absolute Gasteiger partial charge is 0.318 e. The third kappa shape index (κ3) is 3.47. The number of hydrogen-bond acceptors (Lipinski definition) is 6. The van der Waals surface area contributed by atoms with Crippen molar-refractivity contribution < 1.29 is 9.21 Å². The van der Waals surface area contributed by atoms with Gasteiger partial charge in [-0.25, -0.2) is 0 Å². The summed E-state index contributed by atoms with van der Waals surface area (Å²) in [7, 11) is 0. The van der Waals surface area contributed by atoms with E-state index in [1.807, 2.05) is 11.8 Å². The van der Waals surface area contributed by atoms with Crippen LogP contribution in [0.5, 0.6) is 0 Å². The second-order valence-corrected chi connectivity index (χ2v) is 5.99. The molecule has 2 N–H and O–H groups in total. The predicted molar refractivity (Wildman–Crippen MR) is 75.3 cm³/mol. The molecule has 0 aromatic carbocycles. The lowest BCUT2D eigenvalue weighted by Crippen LogP contribution is -2.55. The minimum Gasteiger partial charge on any atom is -0.407 e. The van der Waals surface area contributed by atoms with Gasteiger partial charge in [0, 0.05) is 18.6 Å². The van der Waals surface area contributed by atoms with Crippen LogP contribution in [0.1, 0.15) is 40.0 Å². The molecule has 1 fully saturated rings. The number of carbonyl (C=O) groups is 1. The van der Waals surface area contributed by atoms with Crippen molar-refractivity contribution in [2.24, 2.45) is 0 Å². The van der Waals surface area contributed by atoms with E-state index in [0.717, 1.165) is 0 Å². The van der Waals surface area contributed by atoms with E-state index in [4.69, 9.17) is 4.42 Å². The quantitative estimate of drug-likeness (QED) is 0.844. The van der Waals surface area contributed by atoms with E-state index in [-0.39, 0.29) is 17.5 Å². The average molecular weight is 281 g/mol. The number of piperazine rings is 1. The van der Waals surface area contributed by atoms with Gasteiger partial charge in [-0.15, -0.1) is 5.10 Å². The molecule has 1 aliphatic heterocycles. The molecule has 2 heterocycles. The Hall–Kier alpha value is -1.63. The molecule has 1 aliphatic rings.